The third kappa shape index (κ3) is 4.96. The number of rotatable bonds is 7. The Hall–Kier alpha value is -4.86. The minimum absolute atomic E-state index is 0.00222. The molecule has 0 saturated carbocycles. The largest absolute Gasteiger partial charge is 0.489 e. The normalized spacial score (nSPS) is 14.0. The van der Waals surface area contributed by atoms with Gasteiger partial charge >= 0.3 is 5.97 Å². The van der Waals surface area contributed by atoms with E-state index in [9.17, 15) is 25.0 Å². The van der Waals surface area contributed by atoms with Gasteiger partial charge in [-0.2, -0.15) is 0 Å². The van der Waals surface area contributed by atoms with Crippen LogP contribution in [0.3, 0.4) is 0 Å². The number of aryl methyl sites for hydroxylation is 1. The number of esters is 1. The number of ether oxygens (including phenoxy) is 2. The van der Waals surface area contributed by atoms with Crippen LogP contribution in [0.2, 0.25) is 0 Å². The Morgan fingerprint density at radius 3 is 2.32 bits per heavy atom. The lowest BCUT2D eigenvalue weighted by atomic mass is 10.1. The summed E-state index contributed by atoms with van der Waals surface area (Å²) in [4.78, 5) is 37.3. The zero-order valence-corrected chi connectivity index (χ0v) is 17.8. The Bertz CT molecular complexity index is 1340. The second-order valence-corrected chi connectivity index (χ2v) is 7.38. The van der Waals surface area contributed by atoms with Crippen LogP contribution in [0.15, 0.2) is 77.4 Å². The highest BCUT2D eigenvalue weighted by atomic mass is 16.6. The van der Waals surface area contributed by atoms with Crippen molar-refractivity contribution in [3.8, 4) is 5.75 Å². The summed E-state index contributed by atoms with van der Waals surface area (Å²) in [6.45, 7) is 1.86. The molecular weight excluding hydrogens is 442 g/mol. The first-order chi connectivity index (χ1) is 16.3. The predicted molar refractivity (Wildman–Crippen MR) is 122 cm³/mol. The van der Waals surface area contributed by atoms with Crippen molar-refractivity contribution >= 4 is 29.3 Å². The first kappa shape index (κ1) is 22.3. The Kier molecular flexibility index (Phi) is 6.13. The summed E-state index contributed by atoms with van der Waals surface area (Å²) in [7, 11) is 0. The van der Waals surface area contributed by atoms with Gasteiger partial charge in [-0.15, -0.1) is 0 Å². The molecule has 0 saturated heterocycles. The Morgan fingerprint density at radius 2 is 1.68 bits per heavy atom. The standard InChI is InChI=1S/C24H17N3O7/c1-15-2-7-18(13-22(15)27(31)32)23-25-21(24(28)34-23)12-16-5-10-20(11-6-16)33-14-17-3-8-19(9-4-17)26(29)30/h2-13H,14H2,1H3/b21-12-. The van der Waals surface area contributed by atoms with Gasteiger partial charge in [0.25, 0.3) is 11.4 Å². The second-order valence-electron chi connectivity index (χ2n) is 7.38. The van der Waals surface area contributed by atoms with E-state index in [4.69, 9.17) is 9.47 Å². The molecule has 1 heterocycles. The summed E-state index contributed by atoms with van der Waals surface area (Å²) in [5.41, 5.74) is 2.28. The smallest absolute Gasteiger partial charge is 0.363 e. The lowest BCUT2D eigenvalue weighted by molar-refractivity contribution is -0.385. The van der Waals surface area contributed by atoms with E-state index >= 15 is 0 Å². The molecule has 0 N–H and O–H groups in total. The van der Waals surface area contributed by atoms with Gasteiger partial charge in [0.15, 0.2) is 5.70 Å². The molecule has 10 nitrogen and oxygen atoms in total. The van der Waals surface area contributed by atoms with Crippen LogP contribution in [0.5, 0.6) is 5.75 Å². The van der Waals surface area contributed by atoms with Crippen molar-refractivity contribution in [3.05, 3.63) is 115 Å². The number of carbonyl (C=O) groups is 1. The van der Waals surface area contributed by atoms with E-state index in [0.29, 0.717) is 22.4 Å². The first-order valence-electron chi connectivity index (χ1n) is 10.0. The number of aliphatic imine (C=N–C) groups is 1. The van der Waals surface area contributed by atoms with E-state index in [1.807, 2.05) is 0 Å². The van der Waals surface area contributed by atoms with Crippen molar-refractivity contribution in [1.82, 2.24) is 0 Å². The number of nitro groups is 2. The van der Waals surface area contributed by atoms with Crippen molar-refractivity contribution < 1.29 is 24.1 Å². The van der Waals surface area contributed by atoms with Gasteiger partial charge in [0, 0.05) is 29.3 Å². The van der Waals surface area contributed by atoms with Gasteiger partial charge < -0.3 is 9.47 Å². The van der Waals surface area contributed by atoms with Gasteiger partial charge in [-0.05, 0) is 54.5 Å². The van der Waals surface area contributed by atoms with Gasteiger partial charge in [0.1, 0.15) is 12.4 Å². The van der Waals surface area contributed by atoms with E-state index in [1.54, 1.807) is 55.5 Å². The van der Waals surface area contributed by atoms with E-state index < -0.39 is 15.8 Å². The molecule has 170 valence electrons. The zero-order chi connectivity index (χ0) is 24.2. The zero-order valence-electron chi connectivity index (χ0n) is 17.8. The fraction of sp³-hybridized carbons (Fsp3) is 0.0833. The molecule has 3 aromatic rings. The highest BCUT2D eigenvalue weighted by Gasteiger charge is 2.25. The van der Waals surface area contributed by atoms with Crippen molar-refractivity contribution in [3.63, 3.8) is 0 Å². The summed E-state index contributed by atoms with van der Waals surface area (Å²) in [5.74, 6) is -0.0789. The average molecular weight is 459 g/mol. The molecule has 0 radical (unpaired) electrons. The highest BCUT2D eigenvalue weighted by molar-refractivity contribution is 6.13. The first-order valence-corrected chi connectivity index (χ1v) is 10.0. The molecule has 0 fully saturated rings. The molecule has 34 heavy (non-hydrogen) atoms. The van der Waals surface area contributed by atoms with Gasteiger partial charge in [0.05, 0.1) is 9.85 Å². The van der Waals surface area contributed by atoms with Gasteiger partial charge in [-0.1, -0.05) is 18.2 Å². The van der Waals surface area contributed by atoms with Crippen molar-refractivity contribution in [1.29, 1.82) is 0 Å². The molecule has 0 amide bonds. The van der Waals surface area contributed by atoms with E-state index in [0.717, 1.165) is 5.56 Å². The lowest BCUT2D eigenvalue weighted by Crippen LogP contribution is -2.06. The topological polar surface area (TPSA) is 134 Å². The maximum Gasteiger partial charge on any atom is 0.363 e. The molecular formula is C24H17N3O7. The highest BCUT2D eigenvalue weighted by Crippen LogP contribution is 2.25. The predicted octanol–water partition coefficient (Wildman–Crippen LogP) is 4.73. The molecule has 10 heteroatoms. The van der Waals surface area contributed by atoms with Crippen LogP contribution >= 0.6 is 0 Å². The lowest BCUT2D eigenvalue weighted by Gasteiger charge is -2.06. The minimum Gasteiger partial charge on any atom is -0.489 e. The molecule has 4 rings (SSSR count). The van der Waals surface area contributed by atoms with Gasteiger partial charge in [-0.3, -0.25) is 20.2 Å². The number of cyclic esters (lactones) is 1. The number of hydrogen-bond acceptors (Lipinski definition) is 8. The maximum atomic E-state index is 12.2. The maximum absolute atomic E-state index is 12.2. The fourth-order valence-electron chi connectivity index (χ4n) is 3.17. The Labute approximate surface area is 193 Å². The molecule has 0 spiro atoms. The Morgan fingerprint density at radius 1 is 0.971 bits per heavy atom. The second kappa shape index (κ2) is 9.33. The molecule has 0 aliphatic carbocycles. The number of carbonyl (C=O) groups excluding carboxylic acids is 1. The van der Waals surface area contributed by atoms with Crippen LogP contribution in [-0.4, -0.2) is 21.7 Å². The molecule has 0 atom stereocenters. The number of non-ortho nitro benzene ring substituents is 1. The molecule has 0 unspecified atom stereocenters. The van der Waals surface area contributed by atoms with Crippen molar-refractivity contribution in [2.24, 2.45) is 4.99 Å². The summed E-state index contributed by atoms with van der Waals surface area (Å²) in [6.07, 6.45) is 1.54. The average Bonchev–Trinajstić information content (AvgIpc) is 3.19. The summed E-state index contributed by atoms with van der Waals surface area (Å²) in [5, 5.41) is 21.9. The van der Waals surface area contributed by atoms with E-state index in [2.05, 4.69) is 4.99 Å². The molecule has 1 aliphatic heterocycles. The van der Waals surface area contributed by atoms with E-state index in [1.165, 1.54) is 24.3 Å². The number of nitro benzene ring substituents is 2. The van der Waals surface area contributed by atoms with E-state index in [-0.39, 0.29) is 29.6 Å². The van der Waals surface area contributed by atoms with Crippen molar-refractivity contribution in [2.75, 3.05) is 0 Å². The Balaban J connectivity index is 1.45. The molecule has 0 bridgehead atoms. The summed E-state index contributed by atoms with van der Waals surface area (Å²) in [6, 6.07) is 17.5. The fourth-order valence-corrected chi connectivity index (χ4v) is 3.17. The third-order valence-electron chi connectivity index (χ3n) is 5.01. The van der Waals surface area contributed by atoms with Crippen LogP contribution in [0.4, 0.5) is 11.4 Å². The van der Waals surface area contributed by atoms with Crippen molar-refractivity contribution in [2.45, 2.75) is 13.5 Å². The summed E-state index contributed by atoms with van der Waals surface area (Å²) < 4.78 is 10.9. The number of hydrogen-bond donors (Lipinski definition) is 0. The number of benzene rings is 3. The molecule has 1 aliphatic rings. The van der Waals surface area contributed by atoms with Crippen LogP contribution in [0, 0.1) is 27.2 Å². The van der Waals surface area contributed by atoms with Crippen LogP contribution in [0.1, 0.15) is 22.3 Å². The van der Waals surface area contributed by atoms with Crippen LogP contribution < -0.4 is 4.74 Å². The number of nitrogens with zero attached hydrogens (tertiary/aromatic N) is 3. The van der Waals surface area contributed by atoms with Crippen LogP contribution in [-0.2, 0) is 16.1 Å². The van der Waals surface area contributed by atoms with Gasteiger partial charge in [-0.25, -0.2) is 9.79 Å². The van der Waals surface area contributed by atoms with Gasteiger partial charge in [0.2, 0.25) is 5.90 Å². The molecule has 3 aromatic carbocycles. The SMILES string of the molecule is Cc1ccc(C2=N/C(=C\c3ccc(OCc4ccc([N+](=O)[O-])cc4)cc3)C(=O)O2)cc1[N+](=O)[O-]. The minimum atomic E-state index is -0.656. The quantitative estimate of drug-likeness (QED) is 0.216. The monoisotopic (exact) mass is 459 g/mol. The van der Waals surface area contributed by atoms with Crippen LogP contribution in [0.25, 0.3) is 6.08 Å². The summed E-state index contributed by atoms with van der Waals surface area (Å²) >= 11 is 0. The molecule has 0 aromatic heterocycles. The third-order valence-corrected chi connectivity index (χ3v) is 5.01.